The Kier molecular flexibility index (Phi) is 7.29. The number of rotatable bonds is 7. The van der Waals surface area contributed by atoms with E-state index in [0.29, 0.717) is 6.54 Å². The average molecular weight is 408 g/mol. The molecule has 1 aromatic heterocycles. The first-order valence-corrected chi connectivity index (χ1v) is 11.3. The maximum absolute atomic E-state index is 12.7. The van der Waals surface area contributed by atoms with Gasteiger partial charge >= 0.3 is 0 Å². The highest BCUT2D eigenvalue weighted by Crippen LogP contribution is 2.22. The first-order valence-electron chi connectivity index (χ1n) is 11.3. The lowest BCUT2D eigenvalue weighted by molar-refractivity contribution is -0.125. The van der Waals surface area contributed by atoms with Gasteiger partial charge in [-0.1, -0.05) is 30.3 Å². The molecule has 2 aliphatic heterocycles. The molecule has 1 N–H and O–H groups in total. The molecule has 1 amide bonds. The molecule has 6 heteroatoms. The number of carbonyl (C=O) groups excluding carboxylic acids is 1. The number of amides is 1. The van der Waals surface area contributed by atoms with Crippen LogP contribution in [0.4, 0.5) is 5.95 Å². The topological polar surface area (TPSA) is 61.4 Å². The number of carbonyl (C=O) groups is 1. The number of likely N-dealkylation sites (tertiary alicyclic amines) is 1. The van der Waals surface area contributed by atoms with Crippen LogP contribution in [0.3, 0.4) is 0 Å². The van der Waals surface area contributed by atoms with Crippen LogP contribution in [0.25, 0.3) is 0 Å². The van der Waals surface area contributed by atoms with Crippen molar-refractivity contribution in [2.75, 3.05) is 37.6 Å². The van der Waals surface area contributed by atoms with Gasteiger partial charge in [-0.05, 0) is 62.7 Å². The van der Waals surface area contributed by atoms with Gasteiger partial charge in [-0.15, -0.1) is 0 Å². The Morgan fingerprint density at radius 1 is 1.00 bits per heavy atom. The highest BCUT2D eigenvalue weighted by molar-refractivity contribution is 5.79. The van der Waals surface area contributed by atoms with Crippen LogP contribution in [0.5, 0.6) is 0 Å². The third-order valence-corrected chi connectivity index (χ3v) is 6.44. The zero-order chi connectivity index (χ0) is 20.6. The van der Waals surface area contributed by atoms with Gasteiger partial charge in [-0.2, -0.15) is 0 Å². The second-order valence-electron chi connectivity index (χ2n) is 8.62. The summed E-state index contributed by atoms with van der Waals surface area (Å²) < 4.78 is 0. The van der Waals surface area contributed by atoms with Crippen molar-refractivity contribution in [2.45, 2.75) is 38.6 Å². The number of hydrogen-bond donors (Lipinski definition) is 1. The molecule has 1 unspecified atom stereocenters. The Morgan fingerprint density at radius 2 is 1.77 bits per heavy atom. The van der Waals surface area contributed by atoms with Crippen molar-refractivity contribution >= 4 is 11.9 Å². The van der Waals surface area contributed by atoms with Gasteiger partial charge in [0, 0.05) is 38.6 Å². The largest absolute Gasteiger partial charge is 0.356 e. The van der Waals surface area contributed by atoms with E-state index in [1.807, 2.05) is 6.07 Å². The van der Waals surface area contributed by atoms with E-state index in [9.17, 15) is 4.79 Å². The van der Waals surface area contributed by atoms with Crippen molar-refractivity contribution < 1.29 is 4.79 Å². The standard InChI is InChI=1S/C24H33N5O/c30-23(22-8-4-15-29(19-22)24-26-12-5-13-27-24)25-14-9-20-10-16-28(17-11-20)18-21-6-2-1-3-7-21/h1-3,5-7,12-13,20,22H,4,8-11,14-19H2,(H,25,30). The maximum atomic E-state index is 12.7. The highest BCUT2D eigenvalue weighted by atomic mass is 16.1. The number of benzene rings is 1. The monoisotopic (exact) mass is 407 g/mol. The molecule has 3 heterocycles. The number of piperidine rings is 2. The normalized spacial score (nSPS) is 20.8. The molecule has 4 rings (SSSR count). The molecule has 0 saturated carbocycles. The third-order valence-electron chi connectivity index (χ3n) is 6.44. The zero-order valence-corrected chi connectivity index (χ0v) is 17.7. The second-order valence-corrected chi connectivity index (χ2v) is 8.62. The Hall–Kier alpha value is -2.47. The first kappa shape index (κ1) is 20.8. The van der Waals surface area contributed by atoms with Gasteiger partial charge in [0.2, 0.25) is 11.9 Å². The average Bonchev–Trinajstić information content (AvgIpc) is 2.81. The molecule has 160 valence electrons. The van der Waals surface area contributed by atoms with E-state index in [-0.39, 0.29) is 11.8 Å². The highest BCUT2D eigenvalue weighted by Gasteiger charge is 2.27. The van der Waals surface area contributed by atoms with E-state index in [4.69, 9.17) is 0 Å². The minimum Gasteiger partial charge on any atom is -0.356 e. The second kappa shape index (κ2) is 10.5. The van der Waals surface area contributed by atoms with E-state index in [2.05, 4.69) is 55.4 Å². The minimum absolute atomic E-state index is 0.0373. The van der Waals surface area contributed by atoms with E-state index < -0.39 is 0 Å². The fourth-order valence-corrected chi connectivity index (χ4v) is 4.65. The summed E-state index contributed by atoms with van der Waals surface area (Å²) in [4.78, 5) is 26.0. The lowest BCUT2D eigenvalue weighted by Crippen LogP contribution is -2.44. The van der Waals surface area contributed by atoms with Crippen LogP contribution in [-0.2, 0) is 11.3 Å². The number of anilines is 1. The predicted molar refractivity (Wildman–Crippen MR) is 119 cm³/mol. The van der Waals surface area contributed by atoms with Gasteiger partial charge < -0.3 is 10.2 Å². The Morgan fingerprint density at radius 3 is 2.53 bits per heavy atom. The summed E-state index contributed by atoms with van der Waals surface area (Å²) in [5.41, 5.74) is 1.39. The Balaban J connectivity index is 1.15. The number of nitrogens with one attached hydrogen (secondary N) is 1. The summed E-state index contributed by atoms with van der Waals surface area (Å²) in [6.45, 7) is 5.79. The predicted octanol–water partition coefficient (Wildman–Crippen LogP) is 3.11. The fraction of sp³-hybridized carbons (Fsp3) is 0.542. The number of nitrogens with zero attached hydrogens (tertiary/aromatic N) is 4. The molecule has 2 saturated heterocycles. The van der Waals surface area contributed by atoms with Gasteiger partial charge in [-0.25, -0.2) is 9.97 Å². The van der Waals surface area contributed by atoms with Gasteiger partial charge in [0.05, 0.1) is 5.92 Å². The van der Waals surface area contributed by atoms with Crippen LogP contribution in [0.1, 0.15) is 37.7 Å². The van der Waals surface area contributed by atoms with Crippen LogP contribution >= 0.6 is 0 Å². The maximum Gasteiger partial charge on any atom is 0.225 e. The number of aromatic nitrogens is 2. The molecular weight excluding hydrogens is 374 g/mol. The molecule has 1 aromatic carbocycles. The summed E-state index contributed by atoms with van der Waals surface area (Å²) in [6.07, 6.45) is 9.03. The molecular formula is C24H33N5O. The van der Waals surface area contributed by atoms with E-state index in [1.165, 1.54) is 18.4 Å². The van der Waals surface area contributed by atoms with E-state index in [0.717, 1.165) is 63.9 Å². The Labute approximate surface area is 179 Å². The van der Waals surface area contributed by atoms with Crippen LogP contribution < -0.4 is 10.2 Å². The van der Waals surface area contributed by atoms with Gasteiger partial charge in [0.15, 0.2) is 0 Å². The van der Waals surface area contributed by atoms with Crippen LogP contribution in [0.2, 0.25) is 0 Å². The molecule has 0 bridgehead atoms. The van der Waals surface area contributed by atoms with Crippen LogP contribution in [0, 0.1) is 11.8 Å². The van der Waals surface area contributed by atoms with Crippen molar-refractivity contribution in [3.63, 3.8) is 0 Å². The summed E-state index contributed by atoms with van der Waals surface area (Å²) in [5, 5.41) is 3.20. The van der Waals surface area contributed by atoms with E-state index in [1.54, 1.807) is 12.4 Å². The lowest BCUT2D eigenvalue weighted by atomic mass is 9.93. The van der Waals surface area contributed by atoms with Crippen LogP contribution in [-0.4, -0.2) is 53.5 Å². The van der Waals surface area contributed by atoms with Crippen molar-refractivity contribution in [1.82, 2.24) is 20.2 Å². The van der Waals surface area contributed by atoms with E-state index >= 15 is 0 Å². The quantitative estimate of drug-likeness (QED) is 0.764. The van der Waals surface area contributed by atoms with Gasteiger partial charge in [0.1, 0.15) is 0 Å². The summed E-state index contributed by atoms with van der Waals surface area (Å²) >= 11 is 0. The smallest absolute Gasteiger partial charge is 0.225 e. The summed E-state index contributed by atoms with van der Waals surface area (Å²) in [6, 6.07) is 12.5. The molecule has 2 aliphatic rings. The van der Waals surface area contributed by atoms with Crippen molar-refractivity contribution in [3.05, 3.63) is 54.4 Å². The Bertz CT molecular complexity index is 777. The molecule has 0 radical (unpaired) electrons. The van der Waals surface area contributed by atoms with Crippen molar-refractivity contribution in [1.29, 1.82) is 0 Å². The molecule has 2 fully saturated rings. The zero-order valence-electron chi connectivity index (χ0n) is 17.7. The summed E-state index contributed by atoms with van der Waals surface area (Å²) in [7, 11) is 0. The van der Waals surface area contributed by atoms with Crippen molar-refractivity contribution in [3.8, 4) is 0 Å². The first-order chi connectivity index (χ1) is 14.8. The van der Waals surface area contributed by atoms with Crippen LogP contribution in [0.15, 0.2) is 48.8 Å². The molecule has 0 aliphatic carbocycles. The number of hydrogen-bond acceptors (Lipinski definition) is 5. The summed E-state index contributed by atoms with van der Waals surface area (Å²) in [5.74, 6) is 1.68. The lowest BCUT2D eigenvalue weighted by Gasteiger charge is -2.33. The van der Waals surface area contributed by atoms with Gasteiger partial charge in [0.25, 0.3) is 0 Å². The SMILES string of the molecule is O=C(NCCC1CCN(Cc2ccccc2)CC1)C1CCCN(c2ncccn2)C1. The fourth-order valence-electron chi connectivity index (χ4n) is 4.65. The van der Waals surface area contributed by atoms with Gasteiger partial charge in [-0.3, -0.25) is 9.69 Å². The molecule has 0 spiro atoms. The third kappa shape index (κ3) is 5.79. The molecule has 2 aromatic rings. The molecule has 6 nitrogen and oxygen atoms in total. The van der Waals surface area contributed by atoms with Crippen molar-refractivity contribution in [2.24, 2.45) is 11.8 Å². The molecule has 1 atom stereocenters. The minimum atomic E-state index is 0.0373. The molecule has 30 heavy (non-hydrogen) atoms.